The Morgan fingerprint density at radius 2 is 1.88 bits per heavy atom. The van der Waals surface area contributed by atoms with Gasteiger partial charge in [0.05, 0.1) is 13.2 Å². The fourth-order valence-electron chi connectivity index (χ4n) is 5.10. The van der Waals surface area contributed by atoms with E-state index in [0.717, 1.165) is 75.1 Å². The first-order chi connectivity index (χ1) is 19.5. The van der Waals surface area contributed by atoms with Crippen molar-refractivity contribution in [3.63, 3.8) is 0 Å². The zero-order valence-electron chi connectivity index (χ0n) is 24.4. The summed E-state index contributed by atoms with van der Waals surface area (Å²) in [4.78, 5) is 31.5. The summed E-state index contributed by atoms with van der Waals surface area (Å²) in [5, 5.41) is 15.9. The molecule has 1 aromatic heterocycles. The normalized spacial score (nSPS) is 13.6. The molecule has 220 valence electrons. The Balaban J connectivity index is 1.49. The van der Waals surface area contributed by atoms with Gasteiger partial charge in [-0.05, 0) is 68.2 Å². The Bertz CT molecular complexity index is 1030. The molecule has 1 aliphatic rings. The van der Waals surface area contributed by atoms with Gasteiger partial charge < -0.3 is 25.4 Å². The van der Waals surface area contributed by atoms with Gasteiger partial charge in [0.25, 0.3) is 0 Å². The molecule has 1 aliphatic heterocycles. The molecule has 8 heteroatoms. The highest BCUT2D eigenvalue weighted by molar-refractivity contribution is 5.83. The number of carboxylic acids is 1. The van der Waals surface area contributed by atoms with E-state index >= 15 is 0 Å². The summed E-state index contributed by atoms with van der Waals surface area (Å²) < 4.78 is 5.92. The lowest BCUT2D eigenvalue weighted by Gasteiger charge is -2.25. The number of rotatable bonds is 19. The molecule has 2 heterocycles. The van der Waals surface area contributed by atoms with Crippen molar-refractivity contribution < 1.29 is 19.4 Å². The van der Waals surface area contributed by atoms with Crippen LogP contribution in [-0.4, -0.2) is 65.7 Å². The van der Waals surface area contributed by atoms with Gasteiger partial charge in [-0.1, -0.05) is 63.1 Å². The van der Waals surface area contributed by atoms with Crippen LogP contribution in [0.25, 0.3) is 0 Å². The van der Waals surface area contributed by atoms with E-state index in [2.05, 4.69) is 41.5 Å². The standard InChI is InChI=1S/C32H48N4O4/c1-3-25(4-2)23-30(37)35-29(32(38)39)17-20-36(21-22-40-24-26-11-6-5-7-12-26)19-9-8-14-28-16-15-27-13-10-18-33-31(27)34-28/h5-7,11-12,15-16,25,29H,3-4,8-10,13-14,17-24H2,1-2H3,(H,33,34)(H,35,37)(H,38,39). The number of carbonyl (C=O) groups is 2. The lowest BCUT2D eigenvalue weighted by Crippen LogP contribution is -2.44. The van der Waals surface area contributed by atoms with Crippen LogP contribution in [0.4, 0.5) is 5.82 Å². The molecule has 1 unspecified atom stereocenters. The number of hydrogen-bond donors (Lipinski definition) is 3. The molecule has 1 atom stereocenters. The Morgan fingerprint density at radius 1 is 1.07 bits per heavy atom. The first-order valence-electron chi connectivity index (χ1n) is 15.1. The third kappa shape index (κ3) is 11.3. The molecular formula is C32H48N4O4. The number of fused-ring (bicyclic) bond motifs is 1. The summed E-state index contributed by atoms with van der Waals surface area (Å²) in [6, 6.07) is 13.5. The molecule has 1 amide bonds. The lowest BCUT2D eigenvalue weighted by atomic mass is 9.99. The zero-order valence-corrected chi connectivity index (χ0v) is 24.4. The molecule has 0 spiro atoms. The average Bonchev–Trinajstić information content (AvgIpc) is 2.98. The third-order valence-electron chi connectivity index (χ3n) is 7.77. The van der Waals surface area contributed by atoms with E-state index in [4.69, 9.17) is 9.72 Å². The molecule has 0 bridgehead atoms. The maximum absolute atomic E-state index is 12.5. The average molecular weight is 553 g/mol. The van der Waals surface area contributed by atoms with Crippen LogP contribution in [0, 0.1) is 5.92 Å². The smallest absolute Gasteiger partial charge is 0.326 e. The number of aliphatic carboxylic acids is 1. The number of carbonyl (C=O) groups excluding carboxylic acids is 1. The first-order valence-corrected chi connectivity index (χ1v) is 15.1. The summed E-state index contributed by atoms with van der Waals surface area (Å²) >= 11 is 0. The predicted molar refractivity (Wildman–Crippen MR) is 159 cm³/mol. The van der Waals surface area contributed by atoms with Crippen LogP contribution in [0.5, 0.6) is 0 Å². The van der Waals surface area contributed by atoms with Crippen molar-refractivity contribution in [3.8, 4) is 0 Å². The zero-order chi connectivity index (χ0) is 28.6. The molecule has 40 heavy (non-hydrogen) atoms. The van der Waals surface area contributed by atoms with Crippen LogP contribution >= 0.6 is 0 Å². The van der Waals surface area contributed by atoms with Crippen molar-refractivity contribution >= 4 is 17.7 Å². The summed E-state index contributed by atoms with van der Waals surface area (Å²) in [5.74, 6) is 0.163. The number of carboxylic acid groups (broad SMARTS) is 1. The van der Waals surface area contributed by atoms with Crippen LogP contribution in [0.15, 0.2) is 42.5 Å². The van der Waals surface area contributed by atoms with Crippen molar-refractivity contribution in [3.05, 3.63) is 59.3 Å². The second kappa shape index (κ2) is 17.7. The lowest BCUT2D eigenvalue weighted by molar-refractivity contribution is -0.142. The van der Waals surface area contributed by atoms with Crippen LogP contribution < -0.4 is 10.6 Å². The highest BCUT2D eigenvalue weighted by Crippen LogP contribution is 2.20. The third-order valence-corrected chi connectivity index (χ3v) is 7.77. The van der Waals surface area contributed by atoms with Crippen molar-refractivity contribution in [2.75, 3.05) is 38.1 Å². The number of ether oxygens (including phenoxy) is 1. The van der Waals surface area contributed by atoms with Gasteiger partial charge >= 0.3 is 5.97 Å². The second-order valence-electron chi connectivity index (χ2n) is 10.8. The van der Waals surface area contributed by atoms with Crippen molar-refractivity contribution in [2.45, 2.75) is 84.3 Å². The monoisotopic (exact) mass is 552 g/mol. The molecule has 0 aliphatic carbocycles. The minimum atomic E-state index is -0.981. The second-order valence-corrected chi connectivity index (χ2v) is 10.8. The molecule has 8 nitrogen and oxygen atoms in total. The number of pyridine rings is 1. The molecule has 0 saturated carbocycles. The number of unbranched alkanes of at least 4 members (excludes halogenated alkanes) is 1. The van der Waals surface area contributed by atoms with Gasteiger partial charge in [0.2, 0.25) is 5.91 Å². The number of hydrogen-bond acceptors (Lipinski definition) is 6. The molecular weight excluding hydrogens is 504 g/mol. The maximum Gasteiger partial charge on any atom is 0.326 e. The van der Waals surface area contributed by atoms with Crippen LogP contribution in [0.2, 0.25) is 0 Å². The number of nitrogens with one attached hydrogen (secondary N) is 2. The van der Waals surface area contributed by atoms with E-state index < -0.39 is 12.0 Å². The highest BCUT2D eigenvalue weighted by Gasteiger charge is 2.22. The van der Waals surface area contributed by atoms with Gasteiger partial charge in [0.15, 0.2) is 0 Å². The largest absolute Gasteiger partial charge is 0.480 e. The first kappa shape index (κ1) is 31.6. The van der Waals surface area contributed by atoms with E-state index in [9.17, 15) is 14.7 Å². The van der Waals surface area contributed by atoms with Crippen LogP contribution in [0.1, 0.15) is 75.6 Å². The molecule has 0 radical (unpaired) electrons. The molecule has 0 saturated heterocycles. The van der Waals surface area contributed by atoms with Gasteiger partial charge in [-0.2, -0.15) is 0 Å². The molecule has 1 aromatic carbocycles. The van der Waals surface area contributed by atoms with Gasteiger partial charge in [-0.15, -0.1) is 0 Å². The van der Waals surface area contributed by atoms with E-state index in [-0.39, 0.29) is 11.8 Å². The van der Waals surface area contributed by atoms with E-state index in [0.29, 0.717) is 39.1 Å². The van der Waals surface area contributed by atoms with Gasteiger partial charge in [-0.25, -0.2) is 9.78 Å². The quantitative estimate of drug-likeness (QED) is 0.209. The van der Waals surface area contributed by atoms with Crippen LogP contribution in [-0.2, 0) is 33.8 Å². The number of aromatic nitrogens is 1. The number of benzene rings is 1. The summed E-state index contributed by atoms with van der Waals surface area (Å²) in [6.45, 7) is 8.35. The van der Waals surface area contributed by atoms with Crippen molar-refractivity contribution in [1.29, 1.82) is 0 Å². The SMILES string of the molecule is CCC(CC)CC(=O)NC(CCN(CCCCc1ccc2c(n1)NCCC2)CCOCc1ccccc1)C(=O)O. The van der Waals surface area contributed by atoms with Crippen molar-refractivity contribution in [1.82, 2.24) is 15.2 Å². The van der Waals surface area contributed by atoms with Gasteiger partial charge in [0.1, 0.15) is 11.9 Å². The number of aryl methyl sites for hydroxylation is 2. The predicted octanol–water partition coefficient (Wildman–Crippen LogP) is 5.07. The fraction of sp³-hybridized carbons (Fsp3) is 0.594. The number of anilines is 1. The summed E-state index contributed by atoms with van der Waals surface area (Å²) in [7, 11) is 0. The maximum atomic E-state index is 12.5. The molecule has 3 rings (SSSR count). The Labute approximate surface area is 239 Å². The Morgan fingerprint density at radius 3 is 2.62 bits per heavy atom. The Hall–Kier alpha value is -2.97. The summed E-state index contributed by atoms with van der Waals surface area (Å²) in [6.07, 6.45) is 7.70. The number of amides is 1. The topological polar surface area (TPSA) is 104 Å². The summed E-state index contributed by atoms with van der Waals surface area (Å²) in [5.41, 5.74) is 3.54. The molecule has 3 N–H and O–H groups in total. The van der Waals surface area contributed by atoms with Crippen molar-refractivity contribution in [2.24, 2.45) is 5.92 Å². The van der Waals surface area contributed by atoms with E-state index in [1.54, 1.807) is 0 Å². The number of nitrogens with zero attached hydrogens (tertiary/aromatic N) is 2. The molecule has 2 aromatic rings. The Kier molecular flexibility index (Phi) is 13.9. The molecule has 0 fully saturated rings. The minimum absolute atomic E-state index is 0.175. The minimum Gasteiger partial charge on any atom is -0.480 e. The van der Waals surface area contributed by atoms with Gasteiger partial charge in [0, 0.05) is 31.7 Å². The fourth-order valence-corrected chi connectivity index (χ4v) is 5.10. The van der Waals surface area contributed by atoms with E-state index in [1.165, 1.54) is 5.56 Å². The van der Waals surface area contributed by atoms with Crippen LogP contribution in [0.3, 0.4) is 0 Å². The van der Waals surface area contributed by atoms with Gasteiger partial charge in [-0.3, -0.25) is 4.79 Å². The highest BCUT2D eigenvalue weighted by atomic mass is 16.5. The van der Waals surface area contributed by atoms with E-state index in [1.807, 2.05) is 30.3 Å².